The molecule has 23 heavy (non-hydrogen) atoms. The van der Waals surface area contributed by atoms with E-state index in [4.69, 9.17) is 4.42 Å². The Morgan fingerprint density at radius 2 is 2.00 bits per heavy atom. The molecule has 0 aliphatic carbocycles. The molecule has 0 aliphatic heterocycles. The minimum atomic E-state index is -0.311. The lowest BCUT2D eigenvalue weighted by Gasteiger charge is -1.96. The lowest BCUT2D eigenvalue weighted by molar-refractivity contribution is 0.0998. The summed E-state index contributed by atoms with van der Waals surface area (Å²) in [6, 6.07) is 11.3. The fourth-order valence-electron chi connectivity index (χ4n) is 2.53. The number of nitrogens with one attached hydrogen (secondary N) is 1. The summed E-state index contributed by atoms with van der Waals surface area (Å²) in [5, 5.41) is 4.21. The van der Waals surface area contributed by atoms with Crippen molar-refractivity contribution >= 4 is 43.7 Å². The van der Waals surface area contributed by atoms with Gasteiger partial charge in [-0.2, -0.15) is 4.98 Å². The molecule has 5 nitrogen and oxygen atoms in total. The van der Waals surface area contributed by atoms with Gasteiger partial charge >= 0.3 is 0 Å². The number of hydrogen-bond acceptors (Lipinski definition) is 5. The molecule has 0 saturated heterocycles. The Labute approximate surface area is 136 Å². The normalized spacial score (nSPS) is 11.2. The molecule has 3 heterocycles. The van der Waals surface area contributed by atoms with Crippen molar-refractivity contribution in [1.29, 1.82) is 0 Å². The Kier molecular flexibility index (Phi) is 3.12. The summed E-state index contributed by atoms with van der Waals surface area (Å²) < 4.78 is 6.55. The third-order valence-electron chi connectivity index (χ3n) is 3.54. The fourth-order valence-corrected chi connectivity index (χ4v) is 3.40. The fraction of sp³-hybridized carbons (Fsp3) is 0.118. The Hall–Kier alpha value is -2.73. The number of pyridine rings is 1. The van der Waals surface area contributed by atoms with Crippen molar-refractivity contribution in [3.63, 3.8) is 0 Å². The molecular weight excluding hydrogens is 310 g/mol. The van der Waals surface area contributed by atoms with Crippen molar-refractivity contribution in [3.05, 3.63) is 53.4 Å². The third-order valence-corrected chi connectivity index (χ3v) is 4.64. The van der Waals surface area contributed by atoms with Crippen molar-refractivity contribution in [2.75, 3.05) is 5.32 Å². The van der Waals surface area contributed by atoms with E-state index in [0.29, 0.717) is 16.4 Å². The van der Waals surface area contributed by atoms with Gasteiger partial charge in [-0.3, -0.25) is 10.1 Å². The van der Waals surface area contributed by atoms with Gasteiger partial charge in [-0.15, -0.1) is 0 Å². The standard InChI is InChI=1S/C17H13N3O2S/c1-9-7-10(2)18-15-14(9)23-17(19-15)20-16(21)13-8-11-5-3-4-6-12(11)22-13/h3-8H,1-2H3,(H,18,19,20,21). The predicted octanol–water partition coefficient (Wildman–Crippen LogP) is 4.31. The molecule has 1 aromatic carbocycles. The number of nitrogens with zero attached hydrogens (tertiary/aromatic N) is 2. The lowest BCUT2D eigenvalue weighted by Crippen LogP contribution is -2.10. The molecule has 4 rings (SSSR count). The van der Waals surface area contributed by atoms with E-state index in [1.54, 1.807) is 6.07 Å². The van der Waals surface area contributed by atoms with Gasteiger partial charge in [0.2, 0.25) is 0 Å². The highest BCUT2D eigenvalue weighted by Crippen LogP contribution is 2.28. The number of carbonyl (C=O) groups is 1. The summed E-state index contributed by atoms with van der Waals surface area (Å²) in [4.78, 5) is 21.1. The summed E-state index contributed by atoms with van der Waals surface area (Å²) in [5.41, 5.74) is 3.37. The molecule has 0 bridgehead atoms. The first-order chi connectivity index (χ1) is 11.1. The quantitative estimate of drug-likeness (QED) is 0.597. The molecule has 0 unspecified atom stereocenters. The molecule has 0 aliphatic rings. The first kappa shape index (κ1) is 13.9. The molecule has 0 saturated carbocycles. The number of carbonyl (C=O) groups excluding carboxylic acids is 1. The number of rotatable bonds is 2. The molecule has 6 heteroatoms. The number of para-hydroxylation sites is 1. The lowest BCUT2D eigenvalue weighted by atomic mass is 10.2. The largest absolute Gasteiger partial charge is 0.451 e. The maximum Gasteiger partial charge on any atom is 0.293 e. The van der Waals surface area contributed by atoms with Crippen molar-refractivity contribution < 1.29 is 9.21 Å². The van der Waals surface area contributed by atoms with Crippen LogP contribution in [-0.2, 0) is 0 Å². The number of aromatic nitrogens is 2. The molecular formula is C17H13N3O2S. The predicted molar refractivity (Wildman–Crippen MR) is 91.1 cm³/mol. The van der Waals surface area contributed by atoms with Crippen LogP contribution in [-0.4, -0.2) is 15.9 Å². The van der Waals surface area contributed by atoms with E-state index in [1.165, 1.54) is 11.3 Å². The van der Waals surface area contributed by atoms with Crippen LogP contribution in [0.25, 0.3) is 21.3 Å². The van der Waals surface area contributed by atoms with Gasteiger partial charge in [0.15, 0.2) is 16.5 Å². The van der Waals surface area contributed by atoms with Gasteiger partial charge in [-0.25, -0.2) is 4.98 Å². The average molecular weight is 323 g/mol. The van der Waals surface area contributed by atoms with E-state index in [2.05, 4.69) is 15.3 Å². The van der Waals surface area contributed by atoms with E-state index in [0.717, 1.165) is 21.3 Å². The summed E-state index contributed by atoms with van der Waals surface area (Å²) in [5.74, 6) is -0.0408. The number of aryl methyl sites for hydroxylation is 2. The summed E-state index contributed by atoms with van der Waals surface area (Å²) in [6.07, 6.45) is 0. The van der Waals surface area contributed by atoms with E-state index in [-0.39, 0.29) is 11.7 Å². The molecule has 0 radical (unpaired) electrons. The van der Waals surface area contributed by atoms with Gasteiger partial charge in [0, 0.05) is 11.1 Å². The zero-order valence-electron chi connectivity index (χ0n) is 12.6. The van der Waals surface area contributed by atoms with Crippen LogP contribution in [0.1, 0.15) is 21.8 Å². The highest BCUT2D eigenvalue weighted by atomic mass is 32.1. The molecule has 4 aromatic rings. The minimum Gasteiger partial charge on any atom is -0.451 e. The van der Waals surface area contributed by atoms with Gasteiger partial charge < -0.3 is 4.42 Å². The van der Waals surface area contributed by atoms with Crippen molar-refractivity contribution in [1.82, 2.24) is 9.97 Å². The number of fused-ring (bicyclic) bond motifs is 2. The number of hydrogen-bond donors (Lipinski definition) is 1. The van der Waals surface area contributed by atoms with Crippen molar-refractivity contribution in [2.24, 2.45) is 0 Å². The Morgan fingerprint density at radius 1 is 1.17 bits per heavy atom. The van der Waals surface area contributed by atoms with Crippen LogP contribution in [0.3, 0.4) is 0 Å². The maximum atomic E-state index is 12.4. The molecule has 0 fully saturated rings. The number of anilines is 1. The van der Waals surface area contributed by atoms with Crippen LogP contribution in [0.5, 0.6) is 0 Å². The number of furan rings is 1. The van der Waals surface area contributed by atoms with Crippen LogP contribution in [0.2, 0.25) is 0 Å². The molecule has 0 spiro atoms. The highest BCUT2D eigenvalue weighted by Gasteiger charge is 2.15. The van der Waals surface area contributed by atoms with E-state index in [9.17, 15) is 4.79 Å². The van der Waals surface area contributed by atoms with Crippen molar-refractivity contribution in [2.45, 2.75) is 13.8 Å². The van der Waals surface area contributed by atoms with Gasteiger partial charge in [0.25, 0.3) is 5.91 Å². The van der Waals surface area contributed by atoms with Gasteiger partial charge in [0.1, 0.15) is 5.58 Å². The second-order valence-corrected chi connectivity index (χ2v) is 6.35. The monoisotopic (exact) mass is 323 g/mol. The summed E-state index contributed by atoms with van der Waals surface area (Å²) in [6.45, 7) is 3.94. The Balaban J connectivity index is 1.67. The molecule has 1 N–H and O–H groups in total. The molecule has 1 amide bonds. The second-order valence-electron chi connectivity index (χ2n) is 5.35. The van der Waals surface area contributed by atoms with Crippen LogP contribution in [0, 0.1) is 13.8 Å². The second kappa shape index (κ2) is 5.17. The number of thiazole rings is 1. The zero-order chi connectivity index (χ0) is 16.0. The van der Waals surface area contributed by atoms with Crippen LogP contribution in [0.15, 0.2) is 40.8 Å². The molecule has 0 atom stereocenters. The van der Waals surface area contributed by atoms with Crippen LogP contribution in [0.4, 0.5) is 5.13 Å². The smallest absolute Gasteiger partial charge is 0.293 e. The van der Waals surface area contributed by atoms with E-state index in [1.807, 2.05) is 44.2 Å². The van der Waals surface area contributed by atoms with Crippen LogP contribution < -0.4 is 5.32 Å². The maximum absolute atomic E-state index is 12.4. The average Bonchev–Trinajstić information content (AvgIpc) is 3.10. The zero-order valence-corrected chi connectivity index (χ0v) is 13.4. The summed E-state index contributed by atoms with van der Waals surface area (Å²) in [7, 11) is 0. The highest BCUT2D eigenvalue weighted by molar-refractivity contribution is 7.22. The van der Waals surface area contributed by atoms with Gasteiger partial charge in [-0.1, -0.05) is 29.5 Å². The Morgan fingerprint density at radius 3 is 2.83 bits per heavy atom. The van der Waals surface area contributed by atoms with Crippen LogP contribution >= 0.6 is 11.3 Å². The summed E-state index contributed by atoms with van der Waals surface area (Å²) >= 11 is 1.42. The SMILES string of the molecule is Cc1cc(C)c2sc(NC(=O)c3cc4ccccc4o3)nc2n1. The first-order valence-corrected chi connectivity index (χ1v) is 7.96. The number of amides is 1. The first-order valence-electron chi connectivity index (χ1n) is 7.15. The molecule has 3 aromatic heterocycles. The van der Waals surface area contributed by atoms with Crippen molar-refractivity contribution in [3.8, 4) is 0 Å². The minimum absolute atomic E-state index is 0.270. The van der Waals surface area contributed by atoms with Gasteiger partial charge in [-0.05, 0) is 37.6 Å². The molecule has 114 valence electrons. The topological polar surface area (TPSA) is 68.0 Å². The van der Waals surface area contributed by atoms with E-state index < -0.39 is 0 Å². The third kappa shape index (κ3) is 2.47. The van der Waals surface area contributed by atoms with Gasteiger partial charge in [0.05, 0.1) is 4.70 Å². The number of benzene rings is 1. The van der Waals surface area contributed by atoms with E-state index >= 15 is 0 Å². The Bertz CT molecular complexity index is 1020.